The Bertz CT molecular complexity index is 605. The van der Waals surface area contributed by atoms with E-state index in [-0.39, 0.29) is 12.7 Å². The molecule has 1 aliphatic rings. The number of methoxy groups -OCH3 is 1. The maximum Gasteiger partial charge on any atom is 0.162 e. The Hall–Kier alpha value is -2.01. The summed E-state index contributed by atoms with van der Waals surface area (Å²) in [4.78, 5) is 0. The minimum Gasteiger partial charge on any atom is -0.496 e. The van der Waals surface area contributed by atoms with E-state index in [9.17, 15) is 0 Å². The van der Waals surface area contributed by atoms with Crippen molar-refractivity contribution >= 4 is 0 Å². The second-order valence-electron chi connectivity index (χ2n) is 4.63. The number of nitrogens with zero attached hydrogens (tertiary/aromatic N) is 1. The van der Waals surface area contributed by atoms with Crippen molar-refractivity contribution in [2.24, 2.45) is 0 Å². The highest BCUT2D eigenvalue weighted by Gasteiger charge is 2.23. The standard InChI is InChI=1S/C14H15NO4/c1-8-3-9-4-14(17-2)11(6-13(9)18-8)12-5-10(7-16)19-15-12/h4-6,8,16H,3,7H2,1-2H3. The molecule has 0 fully saturated rings. The van der Waals surface area contributed by atoms with Gasteiger partial charge in [-0.3, -0.25) is 0 Å². The number of rotatable bonds is 3. The number of ether oxygens (including phenoxy) is 2. The quantitative estimate of drug-likeness (QED) is 0.917. The number of aliphatic hydroxyl groups excluding tert-OH is 1. The summed E-state index contributed by atoms with van der Waals surface area (Å²) in [6.07, 6.45) is 1.06. The summed E-state index contributed by atoms with van der Waals surface area (Å²) in [6, 6.07) is 5.58. The maximum atomic E-state index is 9.02. The molecule has 1 aromatic heterocycles. The molecule has 0 spiro atoms. The normalized spacial score (nSPS) is 17.1. The molecular weight excluding hydrogens is 246 g/mol. The van der Waals surface area contributed by atoms with E-state index in [1.54, 1.807) is 13.2 Å². The van der Waals surface area contributed by atoms with Crippen LogP contribution in [0.25, 0.3) is 11.3 Å². The number of aromatic nitrogens is 1. The van der Waals surface area contributed by atoms with Gasteiger partial charge in [-0.1, -0.05) is 5.16 Å². The predicted molar refractivity (Wildman–Crippen MR) is 68.2 cm³/mol. The molecule has 0 saturated carbocycles. The van der Waals surface area contributed by atoms with Gasteiger partial charge >= 0.3 is 0 Å². The molecule has 0 amide bonds. The first-order chi connectivity index (χ1) is 9.21. The fraction of sp³-hybridized carbons (Fsp3) is 0.357. The van der Waals surface area contributed by atoms with E-state index >= 15 is 0 Å². The Balaban J connectivity index is 2.07. The Morgan fingerprint density at radius 3 is 2.95 bits per heavy atom. The highest BCUT2D eigenvalue weighted by atomic mass is 16.5. The zero-order chi connectivity index (χ0) is 13.4. The maximum absolute atomic E-state index is 9.02. The fourth-order valence-corrected chi connectivity index (χ4v) is 2.32. The van der Waals surface area contributed by atoms with E-state index in [1.807, 2.05) is 19.1 Å². The summed E-state index contributed by atoms with van der Waals surface area (Å²) in [5, 5.41) is 13.0. The van der Waals surface area contributed by atoms with Crippen LogP contribution in [0.5, 0.6) is 11.5 Å². The van der Waals surface area contributed by atoms with Crippen LogP contribution in [-0.2, 0) is 13.0 Å². The lowest BCUT2D eigenvalue weighted by Crippen LogP contribution is -2.05. The summed E-state index contributed by atoms with van der Waals surface area (Å²) in [5.41, 5.74) is 2.57. The topological polar surface area (TPSA) is 64.7 Å². The molecule has 5 nitrogen and oxygen atoms in total. The van der Waals surface area contributed by atoms with Crippen molar-refractivity contribution in [2.75, 3.05) is 7.11 Å². The van der Waals surface area contributed by atoms with E-state index in [4.69, 9.17) is 19.1 Å². The zero-order valence-electron chi connectivity index (χ0n) is 10.8. The molecule has 1 aromatic carbocycles. The lowest BCUT2D eigenvalue weighted by Gasteiger charge is -2.08. The molecule has 1 unspecified atom stereocenters. The van der Waals surface area contributed by atoms with Gasteiger partial charge in [-0.05, 0) is 19.1 Å². The highest BCUT2D eigenvalue weighted by Crippen LogP contribution is 2.39. The molecule has 19 heavy (non-hydrogen) atoms. The molecule has 0 bridgehead atoms. The second-order valence-corrected chi connectivity index (χ2v) is 4.63. The number of hydrogen-bond donors (Lipinski definition) is 1. The van der Waals surface area contributed by atoms with Crippen molar-refractivity contribution in [1.82, 2.24) is 5.16 Å². The van der Waals surface area contributed by atoms with Gasteiger partial charge in [-0.15, -0.1) is 0 Å². The van der Waals surface area contributed by atoms with Crippen molar-refractivity contribution in [2.45, 2.75) is 26.1 Å². The molecule has 2 aromatic rings. The summed E-state index contributed by atoms with van der Waals surface area (Å²) in [5.74, 6) is 2.01. The number of hydrogen-bond acceptors (Lipinski definition) is 5. The second kappa shape index (κ2) is 4.59. The lowest BCUT2D eigenvalue weighted by molar-refractivity contribution is 0.229. The molecule has 100 valence electrons. The van der Waals surface area contributed by atoms with Crippen LogP contribution in [0, 0.1) is 0 Å². The van der Waals surface area contributed by atoms with Gasteiger partial charge in [-0.25, -0.2) is 0 Å². The average Bonchev–Trinajstić information content (AvgIpc) is 3.01. The summed E-state index contributed by atoms with van der Waals surface area (Å²) < 4.78 is 16.2. The predicted octanol–water partition coefficient (Wildman–Crippen LogP) is 2.17. The van der Waals surface area contributed by atoms with Crippen LogP contribution < -0.4 is 9.47 Å². The largest absolute Gasteiger partial charge is 0.496 e. The van der Waals surface area contributed by atoms with Crippen molar-refractivity contribution < 1.29 is 19.1 Å². The van der Waals surface area contributed by atoms with Crippen molar-refractivity contribution in [3.05, 3.63) is 29.5 Å². The molecule has 2 heterocycles. The molecule has 0 saturated heterocycles. The third-order valence-electron chi connectivity index (χ3n) is 3.21. The van der Waals surface area contributed by atoms with Crippen LogP contribution >= 0.6 is 0 Å². The molecule has 0 radical (unpaired) electrons. The van der Waals surface area contributed by atoms with Crippen LogP contribution in [0.1, 0.15) is 18.2 Å². The van der Waals surface area contributed by atoms with Gasteiger partial charge in [0, 0.05) is 23.6 Å². The van der Waals surface area contributed by atoms with E-state index in [1.165, 1.54) is 0 Å². The van der Waals surface area contributed by atoms with Crippen LogP contribution in [0.4, 0.5) is 0 Å². The average molecular weight is 261 g/mol. The Morgan fingerprint density at radius 1 is 1.42 bits per heavy atom. The van der Waals surface area contributed by atoms with Crippen LogP contribution in [0.15, 0.2) is 22.7 Å². The minimum atomic E-state index is -0.173. The molecule has 1 aliphatic heterocycles. The zero-order valence-corrected chi connectivity index (χ0v) is 10.8. The molecule has 1 atom stereocenters. The molecule has 1 N–H and O–H groups in total. The fourth-order valence-electron chi connectivity index (χ4n) is 2.32. The highest BCUT2D eigenvalue weighted by molar-refractivity contribution is 5.70. The summed E-state index contributed by atoms with van der Waals surface area (Å²) >= 11 is 0. The van der Waals surface area contributed by atoms with E-state index < -0.39 is 0 Å². The van der Waals surface area contributed by atoms with Gasteiger partial charge in [0.2, 0.25) is 0 Å². The summed E-state index contributed by atoms with van der Waals surface area (Å²) in [7, 11) is 1.62. The van der Waals surface area contributed by atoms with E-state index in [2.05, 4.69) is 5.16 Å². The molecule has 5 heteroatoms. The first-order valence-electron chi connectivity index (χ1n) is 6.15. The van der Waals surface area contributed by atoms with E-state index in [0.717, 1.165) is 29.0 Å². The Kier molecular flexibility index (Phi) is 2.91. The minimum absolute atomic E-state index is 0.173. The first-order valence-corrected chi connectivity index (χ1v) is 6.15. The molecule has 3 rings (SSSR count). The van der Waals surface area contributed by atoms with Crippen LogP contribution in [-0.4, -0.2) is 23.5 Å². The third-order valence-corrected chi connectivity index (χ3v) is 3.21. The van der Waals surface area contributed by atoms with Gasteiger partial charge in [-0.2, -0.15) is 0 Å². The first kappa shape index (κ1) is 12.0. The van der Waals surface area contributed by atoms with Crippen LogP contribution in [0.2, 0.25) is 0 Å². The Morgan fingerprint density at radius 2 is 2.26 bits per heavy atom. The number of aliphatic hydroxyl groups is 1. The molecular formula is C14H15NO4. The smallest absolute Gasteiger partial charge is 0.162 e. The van der Waals surface area contributed by atoms with Gasteiger partial charge in [0.05, 0.1) is 7.11 Å². The molecule has 0 aliphatic carbocycles. The summed E-state index contributed by atoms with van der Waals surface area (Å²) in [6.45, 7) is 1.86. The van der Waals surface area contributed by atoms with Crippen molar-refractivity contribution in [1.29, 1.82) is 0 Å². The van der Waals surface area contributed by atoms with E-state index in [0.29, 0.717) is 11.5 Å². The van der Waals surface area contributed by atoms with Crippen molar-refractivity contribution in [3.63, 3.8) is 0 Å². The number of fused-ring (bicyclic) bond motifs is 1. The lowest BCUT2D eigenvalue weighted by atomic mass is 10.0. The van der Waals surface area contributed by atoms with Crippen LogP contribution in [0.3, 0.4) is 0 Å². The van der Waals surface area contributed by atoms with Gasteiger partial charge in [0.15, 0.2) is 5.76 Å². The SMILES string of the molecule is COc1cc2c(cc1-c1cc(CO)on1)OC(C)C2. The van der Waals surface area contributed by atoms with Gasteiger partial charge in [0.1, 0.15) is 29.9 Å². The van der Waals surface area contributed by atoms with Gasteiger partial charge in [0.25, 0.3) is 0 Å². The Labute approximate surface area is 110 Å². The number of benzene rings is 1. The van der Waals surface area contributed by atoms with Gasteiger partial charge < -0.3 is 19.1 Å². The monoisotopic (exact) mass is 261 g/mol. The third kappa shape index (κ3) is 2.06. The van der Waals surface area contributed by atoms with Crippen molar-refractivity contribution in [3.8, 4) is 22.8 Å².